The van der Waals surface area contributed by atoms with Gasteiger partial charge in [0.25, 0.3) is 0 Å². The molecule has 1 saturated heterocycles. The molecule has 7 heteroatoms. The number of rotatable bonds is 5. The molecule has 0 aromatic heterocycles. The molecule has 1 atom stereocenters. The van der Waals surface area contributed by atoms with Gasteiger partial charge in [-0.1, -0.05) is 62.9 Å². The van der Waals surface area contributed by atoms with E-state index in [2.05, 4.69) is 47.5 Å². The SMILES string of the molecule is CC(CN1CCC(C(=O)NC2CCCCCC2)CC1)c1ccccc1.O=C(O)C(=O)O. The van der Waals surface area contributed by atoms with E-state index >= 15 is 0 Å². The Hall–Kier alpha value is -2.41. The Morgan fingerprint density at radius 3 is 2.00 bits per heavy atom. The van der Waals surface area contributed by atoms with Crippen LogP contribution in [0.3, 0.4) is 0 Å². The smallest absolute Gasteiger partial charge is 0.414 e. The summed E-state index contributed by atoms with van der Waals surface area (Å²) in [4.78, 5) is 33.3. The van der Waals surface area contributed by atoms with Crippen LogP contribution in [0.4, 0.5) is 0 Å². The number of carbonyl (C=O) groups is 3. The Morgan fingerprint density at radius 2 is 1.48 bits per heavy atom. The van der Waals surface area contributed by atoms with E-state index in [9.17, 15) is 4.79 Å². The summed E-state index contributed by atoms with van der Waals surface area (Å²) in [6.45, 7) is 5.51. The maximum Gasteiger partial charge on any atom is 0.414 e. The molecule has 1 saturated carbocycles. The average molecular weight is 433 g/mol. The van der Waals surface area contributed by atoms with Gasteiger partial charge in [-0.05, 0) is 50.3 Å². The number of hydrogen-bond acceptors (Lipinski definition) is 4. The number of amides is 1. The lowest BCUT2D eigenvalue weighted by Gasteiger charge is -2.33. The molecule has 1 aromatic carbocycles. The third kappa shape index (κ3) is 9.09. The van der Waals surface area contributed by atoms with Gasteiger partial charge in [-0.3, -0.25) is 4.79 Å². The monoisotopic (exact) mass is 432 g/mol. The number of carboxylic acids is 2. The van der Waals surface area contributed by atoms with Gasteiger partial charge in [0.1, 0.15) is 0 Å². The first-order chi connectivity index (χ1) is 14.9. The Bertz CT molecular complexity index is 681. The standard InChI is InChI=1S/C22H34N2O.C2H2O4/c1-18(19-9-5-4-6-10-19)17-24-15-13-20(14-16-24)22(25)23-21-11-7-2-3-8-12-21;3-1(4)2(5)6/h4-6,9-10,18,20-21H,2-3,7-8,11-17H2,1H3,(H,23,25);(H,3,4)(H,5,6). The summed E-state index contributed by atoms with van der Waals surface area (Å²) < 4.78 is 0. The lowest BCUT2D eigenvalue weighted by atomic mass is 9.93. The molecule has 1 aliphatic heterocycles. The zero-order valence-electron chi connectivity index (χ0n) is 18.5. The molecule has 2 fully saturated rings. The number of piperidine rings is 1. The van der Waals surface area contributed by atoms with Crippen LogP contribution in [0, 0.1) is 5.92 Å². The van der Waals surface area contributed by atoms with Gasteiger partial charge in [0.2, 0.25) is 5.91 Å². The first kappa shape index (κ1) is 24.9. The molecule has 31 heavy (non-hydrogen) atoms. The summed E-state index contributed by atoms with van der Waals surface area (Å²) in [6.07, 6.45) is 9.62. The second-order valence-electron chi connectivity index (χ2n) is 8.69. The van der Waals surface area contributed by atoms with E-state index in [0.29, 0.717) is 17.9 Å². The molecule has 1 aromatic rings. The van der Waals surface area contributed by atoms with Crippen LogP contribution in [0.25, 0.3) is 0 Å². The Balaban J connectivity index is 0.000000501. The number of carboxylic acid groups (broad SMARTS) is 2. The summed E-state index contributed by atoms with van der Waals surface area (Å²) in [5.41, 5.74) is 1.41. The van der Waals surface area contributed by atoms with Gasteiger partial charge < -0.3 is 20.4 Å². The lowest BCUT2D eigenvalue weighted by Crippen LogP contribution is -2.44. The number of hydrogen-bond donors (Lipinski definition) is 3. The van der Waals surface area contributed by atoms with Crippen molar-refractivity contribution < 1.29 is 24.6 Å². The van der Waals surface area contributed by atoms with Crippen molar-refractivity contribution in [1.82, 2.24) is 10.2 Å². The number of carbonyl (C=O) groups excluding carboxylic acids is 1. The second-order valence-corrected chi connectivity index (χ2v) is 8.69. The normalized spacial score (nSPS) is 19.4. The minimum absolute atomic E-state index is 0.228. The van der Waals surface area contributed by atoms with Crippen LogP contribution in [-0.4, -0.2) is 58.6 Å². The van der Waals surface area contributed by atoms with Crippen molar-refractivity contribution in [2.45, 2.75) is 70.3 Å². The van der Waals surface area contributed by atoms with E-state index < -0.39 is 11.9 Å². The number of nitrogens with zero attached hydrogens (tertiary/aromatic N) is 1. The maximum atomic E-state index is 12.6. The summed E-state index contributed by atoms with van der Waals surface area (Å²) in [5.74, 6) is -2.54. The molecule has 1 heterocycles. The fourth-order valence-corrected chi connectivity index (χ4v) is 4.39. The molecule has 0 bridgehead atoms. The van der Waals surface area contributed by atoms with Crippen molar-refractivity contribution in [2.75, 3.05) is 19.6 Å². The third-order valence-corrected chi connectivity index (χ3v) is 6.24. The highest BCUT2D eigenvalue weighted by molar-refractivity contribution is 6.27. The summed E-state index contributed by atoms with van der Waals surface area (Å²) in [7, 11) is 0. The quantitative estimate of drug-likeness (QED) is 0.486. The largest absolute Gasteiger partial charge is 0.473 e. The fraction of sp³-hybridized carbons (Fsp3) is 0.625. The topological polar surface area (TPSA) is 107 Å². The van der Waals surface area contributed by atoms with Gasteiger partial charge in [0.15, 0.2) is 0 Å². The van der Waals surface area contributed by atoms with Crippen molar-refractivity contribution in [3.63, 3.8) is 0 Å². The number of benzene rings is 1. The van der Waals surface area contributed by atoms with Crippen LogP contribution in [0.5, 0.6) is 0 Å². The zero-order chi connectivity index (χ0) is 22.6. The van der Waals surface area contributed by atoms with E-state index in [-0.39, 0.29) is 5.92 Å². The molecule has 172 valence electrons. The molecule has 2 aliphatic rings. The number of nitrogens with one attached hydrogen (secondary N) is 1. The van der Waals surface area contributed by atoms with Crippen molar-refractivity contribution >= 4 is 17.8 Å². The maximum absolute atomic E-state index is 12.6. The van der Waals surface area contributed by atoms with Crippen molar-refractivity contribution in [3.8, 4) is 0 Å². The van der Waals surface area contributed by atoms with Crippen molar-refractivity contribution in [3.05, 3.63) is 35.9 Å². The second kappa shape index (κ2) is 13.1. The van der Waals surface area contributed by atoms with Gasteiger partial charge in [0.05, 0.1) is 0 Å². The number of likely N-dealkylation sites (tertiary alicyclic amines) is 1. The first-order valence-electron chi connectivity index (χ1n) is 11.4. The highest BCUT2D eigenvalue weighted by Gasteiger charge is 2.27. The van der Waals surface area contributed by atoms with Gasteiger partial charge in [0, 0.05) is 18.5 Å². The van der Waals surface area contributed by atoms with E-state index in [4.69, 9.17) is 19.8 Å². The van der Waals surface area contributed by atoms with Crippen molar-refractivity contribution in [1.29, 1.82) is 0 Å². The highest BCUT2D eigenvalue weighted by atomic mass is 16.4. The first-order valence-corrected chi connectivity index (χ1v) is 11.4. The predicted octanol–water partition coefficient (Wildman–Crippen LogP) is 3.50. The molecule has 3 N–H and O–H groups in total. The van der Waals surface area contributed by atoms with Gasteiger partial charge in [-0.15, -0.1) is 0 Å². The highest BCUT2D eigenvalue weighted by Crippen LogP contribution is 2.23. The van der Waals surface area contributed by atoms with E-state index in [1.54, 1.807) is 0 Å². The zero-order valence-corrected chi connectivity index (χ0v) is 18.5. The molecule has 0 radical (unpaired) electrons. The minimum atomic E-state index is -1.82. The van der Waals surface area contributed by atoms with Crippen LogP contribution in [0.15, 0.2) is 30.3 Å². The summed E-state index contributed by atoms with van der Waals surface area (Å²) in [5, 5.41) is 18.1. The van der Waals surface area contributed by atoms with E-state index in [1.165, 1.54) is 44.1 Å². The third-order valence-electron chi connectivity index (χ3n) is 6.24. The molecular weight excluding hydrogens is 396 g/mol. The Labute approximate surface area is 184 Å². The molecular formula is C24H36N2O5. The van der Waals surface area contributed by atoms with Crippen LogP contribution in [-0.2, 0) is 14.4 Å². The molecule has 1 amide bonds. The summed E-state index contributed by atoms with van der Waals surface area (Å²) in [6, 6.07) is 11.2. The van der Waals surface area contributed by atoms with Gasteiger partial charge in [-0.2, -0.15) is 0 Å². The van der Waals surface area contributed by atoms with Crippen molar-refractivity contribution in [2.24, 2.45) is 5.92 Å². The fourth-order valence-electron chi connectivity index (χ4n) is 4.39. The molecule has 7 nitrogen and oxygen atoms in total. The van der Waals surface area contributed by atoms with Gasteiger partial charge >= 0.3 is 11.9 Å². The van der Waals surface area contributed by atoms with Crippen LogP contribution in [0.2, 0.25) is 0 Å². The Morgan fingerprint density at radius 1 is 0.935 bits per heavy atom. The van der Waals surface area contributed by atoms with Crippen LogP contribution in [0.1, 0.15) is 69.8 Å². The number of aliphatic carboxylic acids is 2. The van der Waals surface area contributed by atoms with Crippen LogP contribution < -0.4 is 5.32 Å². The molecule has 1 aliphatic carbocycles. The lowest BCUT2D eigenvalue weighted by molar-refractivity contribution is -0.159. The van der Waals surface area contributed by atoms with E-state index in [0.717, 1.165) is 32.5 Å². The molecule has 1 unspecified atom stereocenters. The summed E-state index contributed by atoms with van der Waals surface area (Å²) >= 11 is 0. The van der Waals surface area contributed by atoms with Gasteiger partial charge in [-0.25, -0.2) is 9.59 Å². The van der Waals surface area contributed by atoms with Crippen LogP contribution >= 0.6 is 0 Å². The van der Waals surface area contributed by atoms with E-state index in [1.807, 2.05) is 0 Å². The molecule has 3 rings (SSSR count). The predicted molar refractivity (Wildman–Crippen MR) is 119 cm³/mol. The Kier molecular flexibility index (Phi) is 10.5. The minimum Gasteiger partial charge on any atom is -0.473 e. The average Bonchev–Trinajstić information content (AvgIpc) is 3.04. The molecule has 0 spiro atoms.